The van der Waals surface area contributed by atoms with E-state index in [1.807, 2.05) is 19.1 Å². The number of carbonyl (C=O) groups is 1. The summed E-state index contributed by atoms with van der Waals surface area (Å²) >= 11 is 1.21. The van der Waals surface area contributed by atoms with Gasteiger partial charge in [-0.2, -0.15) is 0 Å². The van der Waals surface area contributed by atoms with Crippen LogP contribution in [0.25, 0.3) is 11.5 Å². The number of thioether (sulfide) groups is 1. The van der Waals surface area contributed by atoms with Gasteiger partial charge in [-0.3, -0.25) is 4.79 Å². The first kappa shape index (κ1) is 18.7. The number of hydrogen-bond acceptors (Lipinski definition) is 5. The molecule has 5 nitrogen and oxygen atoms in total. The van der Waals surface area contributed by atoms with E-state index in [4.69, 9.17) is 4.42 Å². The van der Waals surface area contributed by atoms with E-state index in [0.29, 0.717) is 16.7 Å². The molecule has 2 aromatic carbocycles. The molecule has 7 heteroatoms. The Labute approximate surface area is 166 Å². The Kier molecular flexibility index (Phi) is 5.43. The number of nitrogens with one attached hydrogen (secondary N) is 1. The van der Waals surface area contributed by atoms with Gasteiger partial charge in [0.25, 0.3) is 5.22 Å². The molecule has 0 bridgehead atoms. The highest BCUT2D eigenvalue weighted by atomic mass is 32.2. The summed E-state index contributed by atoms with van der Waals surface area (Å²) in [5.41, 5.74) is 3.15. The van der Waals surface area contributed by atoms with E-state index >= 15 is 0 Å². The zero-order valence-electron chi connectivity index (χ0n) is 15.4. The number of aryl methyl sites for hydroxylation is 1. The van der Waals surface area contributed by atoms with Crippen LogP contribution < -0.4 is 5.32 Å². The van der Waals surface area contributed by atoms with Gasteiger partial charge in [-0.15, -0.1) is 10.2 Å². The van der Waals surface area contributed by atoms with Gasteiger partial charge in [0.15, 0.2) is 0 Å². The number of fused-ring (bicyclic) bond motifs is 1. The van der Waals surface area contributed by atoms with Crippen molar-refractivity contribution in [3.05, 3.63) is 65.5 Å². The molecule has 28 heavy (non-hydrogen) atoms. The van der Waals surface area contributed by atoms with Gasteiger partial charge < -0.3 is 9.73 Å². The second-order valence-electron chi connectivity index (χ2n) is 6.79. The van der Waals surface area contributed by atoms with Gasteiger partial charge in [-0.1, -0.05) is 36.0 Å². The zero-order chi connectivity index (χ0) is 19.5. The average Bonchev–Trinajstić information content (AvgIpc) is 3.17. The molecular formula is C21H20FN3O2S. The van der Waals surface area contributed by atoms with E-state index in [1.54, 1.807) is 12.1 Å². The van der Waals surface area contributed by atoms with Crippen LogP contribution in [0.2, 0.25) is 0 Å². The fraction of sp³-hybridized carbons (Fsp3) is 0.286. The molecule has 0 spiro atoms. The predicted molar refractivity (Wildman–Crippen MR) is 105 cm³/mol. The molecule has 3 aromatic rings. The van der Waals surface area contributed by atoms with E-state index in [9.17, 15) is 9.18 Å². The van der Waals surface area contributed by atoms with Crippen molar-refractivity contribution in [3.8, 4) is 11.5 Å². The van der Waals surface area contributed by atoms with Crippen molar-refractivity contribution in [1.82, 2.24) is 15.5 Å². The first-order valence-electron chi connectivity index (χ1n) is 9.24. The van der Waals surface area contributed by atoms with Gasteiger partial charge in [-0.05, 0) is 61.6 Å². The van der Waals surface area contributed by atoms with Gasteiger partial charge in [0.1, 0.15) is 5.82 Å². The lowest BCUT2D eigenvalue weighted by atomic mass is 9.88. The fourth-order valence-corrected chi connectivity index (χ4v) is 4.06. The zero-order valence-corrected chi connectivity index (χ0v) is 16.2. The highest BCUT2D eigenvalue weighted by Gasteiger charge is 2.25. The van der Waals surface area contributed by atoms with Crippen molar-refractivity contribution in [3.63, 3.8) is 0 Å². The molecule has 2 atom stereocenters. The van der Waals surface area contributed by atoms with Crippen molar-refractivity contribution >= 4 is 17.7 Å². The number of halogens is 1. The summed E-state index contributed by atoms with van der Waals surface area (Å²) in [6, 6.07) is 14.1. The van der Waals surface area contributed by atoms with Crippen LogP contribution in [0.4, 0.5) is 4.39 Å². The highest BCUT2D eigenvalue weighted by molar-refractivity contribution is 8.00. The van der Waals surface area contributed by atoms with Crippen LogP contribution in [0, 0.1) is 5.82 Å². The predicted octanol–water partition coefficient (Wildman–Crippen LogP) is 4.55. The van der Waals surface area contributed by atoms with Crippen molar-refractivity contribution < 1.29 is 13.6 Å². The SMILES string of the molecule is C[C@H](Sc1nnc(-c2ccc(F)cc2)o1)C(=O)N[C@@H]1CCCc2ccccc21. The minimum Gasteiger partial charge on any atom is -0.411 e. The van der Waals surface area contributed by atoms with Crippen LogP contribution in [-0.2, 0) is 11.2 Å². The van der Waals surface area contributed by atoms with Crippen LogP contribution in [0.1, 0.15) is 36.9 Å². The molecule has 1 aliphatic carbocycles. The number of benzene rings is 2. The molecule has 0 fully saturated rings. The molecule has 0 saturated heterocycles. The standard InChI is InChI=1S/C21H20FN3O2S/c1-13(19(26)23-18-8-4-6-14-5-2-3-7-17(14)18)28-21-25-24-20(27-21)15-9-11-16(22)12-10-15/h2-3,5,7,9-13,18H,4,6,8H2,1H3,(H,23,26)/t13-,18+/m0/s1. The van der Waals surface area contributed by atoms with Crippen LogP contribution in [0.3, 0.4) is 0 Å². The maximum absolute atomic E-state index is 13.0. The normalized spacial score (nSPS) is 17.0. The summed E-state index contributed by atoms with van der Waals surface area (Å²) in [5.74, 6) is -0.0861. The van der Waals surface area contributed by atoms with Crippen molar-refractivity contribution in [2.24, 2.45) is 0 Å². The second-order valence-corrected chi connectivity index (χ2v) is 8.08. The minimum atomic E-state index is -0.379. The molecule has 1 aromatic heterocycles. The molecule has 144 valence electrons. The molecule has 0 aliphatic heterocycles. The molecule has 0 unspecified atom stereocenters. The summed E-state index contributed by atoms with van der Waals surface area (Å²) < 4.78 is 18.7. The maximum atomic E-state index is 13.0. The minimum absolute atomic E-state index is 0.0398. The Morgan fingerprint density at radius 1 is 1.21 bits per heavy atom. The largest absolute Gasteiger partial charge is 0.411 e. The molecule has 0 radical (unpaired) electrons. The molecule has 0 saturated carbocycles. The van der Waals surface area contributed by atoms with E-state index in [2.05, 4.69) is 27.6 Å². The Balaban J connectivity index is 1.40. The molecule has 1 aliphatic rings. The molecule has 4 rings (SSSR count). The first-order valence-corrected chi connectivity index (χ1v) is 10.1. The molecule has 1 heterocycles. The smallest absolute Gasteiger partial charge is 0.277 e. The number of nitrogens with zero attached hydrogens (tertiary/aromatic N) is 2. The Bertz CT molecular complexity index is 974. The van der Waals surface area contributed by atoms with E-state index < -0.39 is 0 Å². The van der Waals surface area contributed by atoms with Gasteiger partial charge >= 0.3 is 0 Å². The first-order chi connectivity index (χ1) is 13.6. The monoisotopic (exact) mass is 397 g/mol. The Morgan fingerprint density at radius 2 is 2.00 bits per heavy atom. The van der Waals surface area contributed by atoms with Crippen molar-refractivity contribution in [2.75, 3.05) is 0 Å². The fourth-order valence-electron chi connectivity index (χ4n) is 3.36. The van der Waals surface area contributed by atoms with Gasteiger partial charge in [-0.25, -0.2) is 4.39 Å². The van der Waals surface area contributed by atoms with Crippen molar-refractivity contribution in [2.45, 2.75) is 42.7 Å². The lowest BCUT2D eigenvalue weighted by Crippen LogP contribution is -2.35. The van der Waals surface area contributed by atoms with Crippen LogP contribution >= 0.6 is 11.8 Å². The summed E-state index contributed by atoms with van der Waals surface area (Å²) in [5, 5.41) is 11.1. The van der Waals surface area contributed by atoms with Crippen molar-refractivity contribution in [1.29, 1.82) is 0 Å². The van der Waals surface area contributed by atoms with Gasteiger partial charge in [0.05, 0.1) is 11.3 Å². The third kappa shape index (κ3) is 4.09. The van der Waals surface area contributed by atoms with E-state index in [1.165, 1.54) is 35.0 Å². The lowest BCUT2D eigenvalue weighted by Gasteiger charge is -2.27. The second kappa shape index (κ2) is 8.14. The number of rotatable bonds is 5. The molecule has 1 N–H and O–H groups in total. The third-order valence-corrected chi connectivity index (χ3v) is 5.76. The summed E-state index contributed by atoms with van der Waals surface area (Å²) in [4.78, 5) is 12.7. The topological polar surface area (TPSA) is 68.0 Å². The van der Waals surface area contributed by atoms with Crippen LogP contribution in [0.15, 0.2) is 58.2 Å². The van der Waals surface area contributed by atoms with Crippen LogP contribution in [-0.4, -0.2) is 21.4 Å². The number of aromatic nitrogens is 2. The van der Waals surface area contributed by atoms with E-state index in [0.717, 1.165) is 19.3 Å². The highest BCUT2D eigenvalue weighted by Crippen LogP contribution is 2.31. The Hall–Kier alpha value is -2.67. The summed E-state index contributed by atoms with van der Waals surface area (Å²) in [6.07, 6.45) is 3.06. The number of carbonyl (C=O) groups excluding carboxylic acids is 1. The maximum Gasteiger partial charge on any atom is 0.277 e. The summed E-state index contributed by atoms with van der Waals surface area (Å²) in [6.45, 7) is 1.82. The number of hydrogen-bond donors (Lipinski definition) is 1. The van der Waals surface area contributed by atoms with Crippen LogP contribution in [0.5, 0.6) is 0 Å². The molecule has 1 amide bonds. The lowest BCUT2D eigenvalue weighted by molar-refractivity contribution is -0.121. The summed E-state index contributed by atoms with van der Waals surface area (Å²) in [7, 11) is 0. The Morgan fingerprint density at radius 3 is 2.82 bits per heavy atom. The number of amides is 1. The molecular weight excluding hydrogens is 377 g/mol. The quantitative estimate of drug-likeness (QED) is 0.640. The van der Waals surface area contributed by atoms with Gasteiger partial charge in [0, 0.05) is 5.56 Å². The third-order valence-electron chi connectivity index (χ3n) is 4.83. The van der Waals surface area contributed by atoms with E-state index in [-0.39, 0.29) is 23.0 Å². The average molecular weight is 397 g/mol. The van der Waals surface area contributed by atoms with Gasteiger partial charge in [0.2, 0.25) is 11.8 Å².